The lowest BCUT2D eigenvalue weighted by Crippen LogP contribution is -2.21. The Labute approximate surface area is 97.4 Å². The van der Waals surface area contributed by atoms with E-state index in [0.717, 1.165) is 12.8 Å². The third-order valence-electron chi connectivity index (χ3n) is 2.99. The molecular weight excluding hydrogens is 200 g/mol. The van der Waals surface area contributed by atoms with Gasteiger partial charge in [0.1, 0.15) is 0 Å². The van der Waals surface area contributed by atoms with Crippen LogP contribution in [0.2, 0.25) is 0 Å². The number of ketones is 2. The SMILES string of the molecule is CCCC(C)C1=CC(=O)C=C(C(C)C)C1=O. The van der Waals surface area contributed by atoms with Crippen molar-refractivity contribution in [3.8, 4) is 0 Å². The third-order valence-corrected chi connectivity index (χ3v) is 2.99. The maximum Gasteiger partial charge on any atom is 0.185 e. The van der Waals surface area contributed by atoms with Crippen LogP contribution in [0.15, 0.2) is 23.3 Å². The summed E-state index contributed by atoms with van der Waals surface area (Å²) in [5, 5.41) is 0. The number of hydrogen-bond donors (Lipinski definition) is 0. The first-order valence-electron chi connectivity index (χ1n) is 5.99. The summed E-state index contributed by atoms with van der Waals surface area (Å²) in [5.74, 6) is 0.328. The highest BCUT2D eigenvalue weighted by atomic mass is 16.1. The van der Waals surface area contributed by atoms with Crippen molar-refractivity contribution >= 4 is 11.6 Å². The molecule has 1 aliphatic carbocycles. The van der Waals surface area contributed by atoms with Gasteiger partial charge in [0, 0.05) is 11.1 Å². The van der Waals surface area contributed by atoms with Crippen LogP contribution in [0.3, 0.4) is 0 Å². The van der Waals surface area contributed by atoms with E-state index in [9.17, 15) is 9.59 Å². The summed E-state index contributed by atoms with van der Waals surface area (Å²) in [7, 11) is 0. The summed E-state index contributed by atoms with van der Waals surface area (Å²) in [5.41, 5.74) is 1.35. The Kier molecular flexibility index (Phi) is 4.22. The van der Waals surface area contributed by atoms with Crippen LogP contribution in [0.4, 0.5) is 0 Å². The van der Waals surface area contributed by atoms with Crippen molar-refractivity contribution in [1.29, 1.82) is 0 Å². The Hall–Kier alpha value is -1.18. The summed E-state index contributed by atoms with van der Waals surface area (Å²) in [6.45, 7) is 8.00. The highest BCUT2D eigenvalue weighted by Crippen LogP contribution is 2.26. The zero-order valence-electron chi connectivity index (χ0n) is 10.5. The van der Waals surface area contributed by atoms with Crippen LogP contribution in [-0.2, 0) is 9.59 Å². The van der Waals surface area contributed by atoms with Crippen molar-refractivity contribution in [2.45, 2.75) is 40.5 Å². The first kappa shape index (κ1) is 12.9. The number of Topliss-reactive ketones (excluding diaryl/α,β-unsaturated/α-hetero) is 1. The molecule has 0 heterocycles. The first-order valence-corrected chi connectivity index (χ1v) is 5.99. The average molecular weight is 220 g/mol. The second-order valence-electron chi connectivity index (χ2n) is 4.78. The molecule has 0 amide bonds. The van der Waals surface area contributed by atoms with E-state index < -0.39 is 0 Å². The van der Waals surface area contributed by atoms with E-state index in [-0.39, 0.29) is 23.4 Å². The molecule has 0 bridgehead atoms. The average Bonchev–Trinajstić information content (AvgIpc) is 2.20. The van der Waals surface area contributed by atoms with Crippen molar-refractivity contribution in [1.82, 2.24) is 0 Å². The third kappa shape index (κ3) is 2.69. The zero-order valence-corrected chi connectivity index (χ0v) is 10.5. The standard InChI is InChI=1S/C14H20O2/c1-5-6-10(4)13-8-11(15)7-12(9(2)3)14(13)16/h7-10H,5-6H2,1-4H3. The van der Waals surface area contributed by atoms with Gasteiger partial charge < -0.3 is 0 Å². The van der Waals surface area contributed by atoms with Gasteiger partial charge in [0.25, 0.3) is 0 Å². The lowest BCUT2D eigenvalue weighted by molar-refractivity contribution is -0.116. The Morgan fingerprint density at radius 1 is 1.06 bits per heavy atom. The van der Waals surface area contributed by atoms with E-state index in [2.05, 4.69) is 6.92 Å². The van der Waals surface area contributed by atoms with E-state index in [1.165, 1.54) is 12.2 Å². The number of carbonyl (C=O) groups excluding carboxylic acids is 2. The van der Waals surface area contributed by atoms with E-state index >= 15 is 0 Å². The maximum absolute atomic E-state index is 12.1. The quantitative estimate of drug-likeness (QED) is 0.682. The van der Waals surface area contributed by atoms with Crippen molar-refractivity contribution in [3.63, 3.8) is 0 Å². The second-order valence-corrected chi connectivity index (χ2v) is 4.78. The van der Waals surface area contributed by atoms with Crippen LogP contribution < -0.4 is 0 Å². The molecule has 0 saturated heterocycles. The molecule has 0 radical (unpaired) electrons. The monoisotopic (exact) mass is 220 g/mol. The Morgan fingerprint density at radius 3 is 2.12 bits per heavy atom. The highest BCUT2D eigenvalue weighted by Gasteiger charge is 2.26. The fourth-order valence-electron chi connectivity index (χ4n) is 2.03. The van der Waals surface area contributed by atoms with Gasteiger partial charge in [-0.25, -0.2) is 0 Å². The van der Waals surface area contributed by atoms with Gasteiger partial charge in [-0.15, -0.1) is 0 Å². The molecule has 1 atom stereocenters. The predicted octanol–water partition coefficient (Wildman–Crippen LogP) is 3.08. The van der Waals surface area contributed by atoms with Crippen molar-refractivity contribution in [2.75, 3.05) is 0 Å². The van der Waals surface area contributed by atoms with Crippen LogP contribution in [-0.4, -0.2) is 11.6 Å². The summed E-state index contributed by atoms with van der Waals surface area (Å²) < 4.78 is 0. The minimum absolute atomic E-state index is 0.0405. The Morgan fingerprint density at radius 2 is 1.62 bits per heavy atom. The molecule has 0 saturated carbocycles. The minimum Gasteiger partial charge on any atom is -0.290 e. The van der Waals surface area contributed by atoms with Gasteiger partial charge in [0.2, 0.25) is 0 Å². The van der Waals surface area contributed by atoms with E-state index in [0.29, 0.717) is 11.1 Å². The van der Waals surface area contributed by atoms with Crippen molar-refractivity contribution < 1.29 is 9.59 Å². The highest BCUT2D eigenvalue weighted by molar-refractivity contribution is 6.20. The number of hydrogen-bond acceptors (Lipinski definition) is 2. The normalized spacial score (nSPS) is 18.6. The molecule has 0 aromatic rings. The van der Waals surface area contributed by atoms with Gasteiger partial charge in [-0.2, -0.15) is 0 Å². The molecule has 0 N–H and O–H groups in total. The van der Waals surface area contributed by atoms with Crippen LogP contribution in [0.5, 0.6) is 0 Å². The van der Waals surface area contributed by atoms with Crippen molar-refractivity contribution in [3.05, 3.63) is 23.3 Å². The molecule has 0 fully saturated rings. The predicted molar refractivity (Wildman–Crippen MR) is 65.1 cm³/mol. The molecule has 0 aromatic heterocycles. The van der Waals surface area contributed by atoms with E-state index in [1.807, 2.05) is 20.8 Å². The van der Waals surface area contributed by atoms with Gasteiger partial charge in [-0.3, -0.25) is 9.59 Å². The van der Waals surface area contributed by atoms with Gasteiger partial charge in [0.05, 0.1) is 0 Å². The molecular formula is C14H20O2. The first-order chi connectivity index (χ1) is 7.47. The summed E-state index contributed by atoms with van der Waals surface area (Å²) in [4.78, 5) is 23.7. The Bertz CT molecular complexity index is 359. The fraction of sp³-hybridized carbons (Fsp3) is 0.571. The minimum atomic E-state index is -0.0405. The lowest BCUT2D eigenvalue weighted by Gasteiger charge is -2.20. The smallest absolute Gasteiger partial charge is 0.185 e. The van der Waals surface area contributed by atoms with Crippen LogP contribution in [0.25, 0.3) is 0 Å². The van der Waals surface area contributed by atoms with Gasteiger partial charge >= 0.3 is 0 Å². The number of allylic oxidation sites excluding steroid dienone is 4. The summed E-state index contributed by atoms with van der Waals surface area (Å²) in [6, 6.07) is 0. The lowest BCUT2D eigenvalue weighted by atomic mass is 9.82. The number of carbonyl (C=O) groups is 2. The molecule has 16 heavy (non-hydrogen) atoms. The zero-order chi connectivity index (χ0) is 12.3. The summed E-state index contributed by atoms with van der Waals surface area (Å²) in [6.07, 6.45) is 4.97. The molecule has 2 nitrogen and oxygen atoms in total. The largest absolute Gasteiger partial charge is 0.290 e. The molecule has 0 aromatic carbocycles. The van der Waals surface area contributed by atoms with Gasteiger partial charge in [0.15, 0.2) is 11.6 Å². The van der Waals surface area contributed by atoms with Crippen molar-refractivity contribution in [2.24, 2.45) is 11.8 Å². The Balaban J connectivity index is 2.96. The summed E-state index contributed by atoms with van der Waals surface area (Å²) >= 11 is 0. The fourth-order valence-corrected chi connectivity index (χ4v) is 2.03. The maximum atomic E-state index is 12.1. The molecule has 1 unspecified atom stereocenters. The molecule has 2 heteroatoms. The van der Waals surface area contributed by atoms with Crippen LogP contribution in [0, 0.1) is 11.8 Å². The molecule has 88 valence electrons. The molecule has 0 spiro atoms. The van der Waals surface area contributed by atoms with Crippen LogP contribution >= 0.6 is 0 Å². The van der Waals surface area contributed by atoms with Crippen LogP contribution in [0.1, 0.15) is 40.5 Å². The van der Waals surface area contributed by atoms with E-state index in [4.69, 9.17) is 0 Å². The topological polar surface area (TPSA) is 34.1 Å². The number of rotatable bonds is 4. The molecule has 1 rings (SSSR count). The van der Waals surface area contributed by atoms with E-state index in [1.54, 1.807) is 0 Å². The second kappa shape index (κ2) is 5.24. The van der Waals surface area contributed by atoms with Gasteiger partial charge in [-0.05, 0) is 30.4 Å². The molecule has 1 aliphatic rings. The van der Waals surface area contributed by atoms with Gasteiger partial charge in [-0.1, -0.05) is 34.1 Å². The molecule has 0 aliphatic heterocycles.